The number of ether oxygens (including phenoxy) is 3. The van der Waals surface area contributed by atoms with E-state index in [2.05, 4.69) is 93.7 Å². The molecule has 71 heavy (non-hydrogen) atoms. The van der Waals surface area contributed by atoms with Gasteiger partial charge in [0.05, 0.1) is 0 Å². The number of hydrogen-bond donors (Lipinski definition) is 0. The van der Waals surface area contributed by atoms with E-state index in [0.717, 1.165) is 122 Å². The average molecular weight is 992 g/mol. The van der Waals surface area contributed by atoms with Gasteiger partial charge in [-0.2, -0.15) is 0 Å². The number of allylic oxidation sites excluding steroid dienone is 12. The second-order valence-electron chi connectivity index (χ2n) is 20.2. The first-order chi connectivity index (χ1) is 35.0. The van der Waals surface area contributed by atoms with E-state index >= 15 is 0 Å². The third kappa shape index (κ3) is 57.6. The van der Waals surface area contributed by atoms with Gasteiger partial charge in [0.25, 0.3) is 0 Å². The van der Waals surface area contributed by atoms with Gasteiger partial charge in [0.1, 0.15) is 13.2 Å². The lowest BCUT2D eigenvalue weighted by Crippen LogP contribution is -2.30. The zero-order valence-corrected chi connectivity index (χ0v) is 47.0. The molecule has 0 spiro atoms. The maximum atomic E-state index is 12.9. The molecule has 0 unspecified atom stereocenters. The van der Waals surface area contributed by atoms with Gasteiger partial charge in [0.2, 0.25) is 0 Å². The zero-order valence-electron chi connectivity index (χ0n) is 47.0. The molecule has 6 nitrogen and oxygen atoms in total. The summed E-state index contributed by atoms with van der Waals surface area (Å²) in [5, 5.41) is 0. The molecule has 0 amide bonds. The van der Waals surface area contributed by atoms with Crippen molar-refractivity contribution in [2.45, 2.75) is 309 Å². The Morgan fingerprint density at radius 2 is 0.549 bits per heavy atom. The van der Waals surface area contributed by atoms with Gasteiger partial charge in [0.15, 0.2) is 6.10 Å². The lowest BCUT2D eigenvalue weighted by atomic mass is 10.0. The molecule has 0 radical (unpaired) electrons. The number of rotatable bonds is 55. The van der Waals surface area contributed by atoms with Crippen LogP contribution in [0, 0.1) is 0 Å². The summed E-state index contributed by atoms with van der Waals surface area (Å²) in [6.45, 7) is 6.50. The van der Waals surface area contributed by atoms with Crippen LogP contribution >= 0.6 is 0 Å². The molecule has 410 valence electrons. The van der Waals surface area contributed by atoms with Crippen molar-refractivity contribution in [3.8, 4) is 0 Å². The maximum Gasteiger partial charge on any atom is 0.306 e. The van der Waals surface area contributed by atoms with E-state index in [1.165, 1.54) is 141 Å². The van der Waals surface area contributed by atoms with Crippen LogP contribution in [0.1, 0.15) is 303 Å². The van der Waals surface area contributed by atoms with Crippen LogP contribution in [-0.4, -0.2) is 37.2 Å². The molecule has 0 heterocycles. The monoisotopic (exact) mass is 991 g/mol. The van der Waals surface area contributed by atoms with Gasteiger partial charge in [-0.15, -0.1) is 0 Å². The van der Waals surface area contributed by atoms with E-state index in [9.17, 15) is 14.4 Å². The van der Waals surface area contributed by atoms with Crippen LogP contribution in [0.4, 0.5) is 0 Å². The Morgan fingerprint density at radius 3 is 0.887 bits per heavy atom. The summed E-state index contributed by atoms with van der Waals surface area (Å²) in [5.74, 6) is -0.915. The van der Waals surface area contributed by atoms with Crippen LogP contribution in [-0.2, 0) is 28.6 Å². The molecule has 0 aromatic rings. The van der Waals surface area contributed by atoms with E-state index in [1.807, 2.05) is 0 Å². The highest BCUT2D eigenvalue weighted by Crippen LogP contribution is 2.17. The molecule has 1 atom stereocenters. The Balaban J connectivity index is 4.37. The Hall–Kier alpha value is -3.15. The van der Waals surface area contributed by atoms with E-state index in [-0.39, 0.29) is 31.1 Å². The molecule has 0 aromatic carbocycles. The molecule has 6 heteroatoms. The zero-order chi connectivity index (χ0) is 51.4. The first kappa shape index (κ1) is 67.8. The van der Waals surface area contributed by atoms with E-state index in [1.54, 1.807) is 0 Å². The van der Waals surface area contributed by atoms with Crippen molar-refractivity contribution >= 4 is 17.9 Å². The molecule has 0 aliphatic heterocycles. The standard InChI is InChI=1S/C65H114O6/c1-4-7-10-13-16-19-22-25-28-30-31-32-33-35-38-40-43-46-49-52-55-58-64(67)70-61-62(71-65(68)59-56-53-50-47-44-41-36-27-24-21-18-15-12-9-6-3)60-69-63(66)57-54-51-48-45-42-39-37-34-29-26-23-20-17-14-11-8-5-2/h9,12,17-18,20-21,26-27,29,36-37,39,62H,4-8,10-11,13-16,19,22-25,28,30-35,38,40-61H2,1-3H3/b12-9-,20-17-,21-18-,29-26-,36-27-,39-37-/t62-/m1/s1. The highest BCUT2D eigenvalue weighted by molar-refractivity contribution is 5.71. The third-order valence-corrected chi connectivity index (χ3v) is 13.2. The lowest BCUT2D eigenvalue weighted by molar-refractivity contribution is -0.167. The van der Waals surface area contributed by atoms with Crippen molar-refractivity contribution in [3.63, 3.8) is 0 Å². The lowest BCUT2D eigenvalue weighted by Gasteiger charge is -2.18. The summed E-state index contributed by atoms with van der Waals surface area (Å²) in [6.07, 6.45) is 76.1. The first-order valence-electron chi connectivity index (χ1n) is 30.4. The molecule has 0 aliphatic carbocycles. The summed E-state index contributed by atoms with van der Waals surface area (Å²) in [4.78, 5) is 38.2. The Morgan fingerprint density at radius 1 is 0.296 bits per heavy atom. The number of unbranched alkanes of at least 4 members (excludes halogenated alkanes) is 32. The molecule has 0 aromatic heterocycles. The van der Waals surface area contributed by atoms with Gasteiger partial charge in [-0.25, -0.2) is 0 Å². The topological polar surface area (TPSA) is 78.9 Å². The molecule has 0 fully saturated rings. The minimum absolute atomic E-state index is 0.0875. The van der Waals surface area contributed by atoms with Gasteiger partial charge in [0, 0.05) is 19.3 Å². The molecular weight excluding hydrogens is 877 g/mol. The van der Waals surface area contributed by atoms with Crippen molar-refractivity contribution in [2.75, 3.05) is 13.2 Å². The predicted octanol–water partition coefficient (Wildman–Crippen LogP) is 20.5. The smallest absolute Gasteiger partial charge is 0.306 e. The summed E-state index contributed by atoms with van der Waals surface area (Å²) < 4.78 is 16.9. The average Bonchev–Trinajstić information content (AvgIpc) is 3.37. The van der Waals surface area contributed by atoms with E-state index in [0.29, 0.717) is 19.3 Å². The summed E-state index contributed by atoms with van der Waals surface area (Å²) in [7, 11) is 0. The van der Waals surface area contributed by atoms with Gasteiger partial charge >= 0.3 is 17.9 Å². The van der Waals surface area contributed by atoms with Crippen molar-refractivity contribution in [3.05, 3.63) is 72.9 Å². The second kappa shape index (κ2) is 59.4. The Bertz CT molecular complexity index is 1320. The van der Waals surface area contributed by atoms with Crippen LogP contribution in [0.2, 0.25) is 0 Å². The predicted molar refractivity (Wildman–Crippen MR) is 307 cm³/mol. The summed E-state index contributed by atoms with van der Waals surface area (Å²) in [5.41, 5.74) is 0. The SMILES string of the molecule is CC/C=C\C/C=C\C/C=C\CCCCCCCC(=O)O[C@H](COC(=O)CCCCCC/C=C\C/C=C\C/C=C\CCCCC)COC(=O)CCCCCCCCCCCCCCCCCCCCCCC. The summed E-state index contributed by atoms with van der Waals surface area (Å²) in [6, 6.07) is 0. The number of carbonyl (C=O) groups is 3. The van der Waals surface area contributed by atoms with Crippen molar-refractivity contribution in [1.29, 1.82) is 0 Å². The molecule has 0 rings (SSSR count). The molecule has 0 saturated heterocycles. The van der Waals surface area contributed by atoms with Crippen LogP contribution in [0.5, 0.6) is 0 Å². The van der Waals surface area contributed by atoms with Gasteiger partial charge in [-0.3, -0.25) is 14.4 Å². The van der Waals surface area contributed by atoms with Crippen molar-refractivity contribution in [1.82, 2.24) is 0 Å². The van der Waals surface area contributed by atoms with Gasteiger partial charge < -0.3 is 14.2 Å². The number of hydrogen-bond acceptors (Lipinski definition) is 6. The minimum Gasteiger partial charge on any atom is -0.462 e. The van der Waals surface area contributed by atoms with Crippen molar-refractivity contribution in [2.24, 2.45) is 0 Å². The highest BCUT2D eigenvalue weighted by Gasteiger charge is 2.19. The van der Waals surface area contributed by atoms with Crippen LogP contribution < -0.4 is 0 Å². The molecule has 0 N–H and O–H groups in total. The minimum atomic E-state index is -0.793. The highest BCUT2D eigenvalue weighted by atomic mass is 16.6. The fourth-order valence-electron chi connectivity index (χ4n) is 8.64. The quantitative estimate of drug-likeness (QED) is 0.0261. The fourth-order valence-corrected chi connectivity index (χ4v) is 8.64. The van der Waals surface area contributed by atoms with E-state index < -0.39 is 6.10 Å². The molecular formula is C65H114O6. The number of carbonyl (C=O) groups excluding carboxylic acids is 3. The summed E-state index contributed by atoms with van der Waals surface area (Å²) >= 11 is 0. The Labute approximate surface area is 440 Å². The van der Waals surface area contributed by atoms with Crippen molar-refractivity contribution < 1.29 is 28.6 Å². The molecule has 0 bridgehead atoms. The van der Waals surface area contributed by atoms with Crippen LogP contribution in [0.3, 0.4) is 0 Å². The van der Waals surface area contributed by atoms with Crippen LogP contribution in [0.25, 0.3) is 0 Å². The number of esters is 3. The normalized spacial score (nSPS) is 12.5. The second-order valence-corrected chi connectivity index (χ2v) is 20.2. The molecule has 0 aliphatic rings. The third-order valence-electron chi connectivity index (χ3n) is 13.2. The van der Waals surface area contributed by atoms with E-state index in [4.69, 9.17) is 14.2 Å². The Kier molecular flexibility index (Phi) is 56.8. The largest absolute Gasteiger partial charge is 0.462 e. The van der Waals surface area contributed by atoms with Crippen LogP contribution in [0.15, 0.2) is 72.9 Å². The first-order valence-corrected chi connectivity index (χ1v) is 30.4. The fraction of sp³-hybridized carbons (Fsp3) is 0.769. The van der Waals surface area contributed by atoms with Gasteiger partial charge in [-0.1, -0.05) is 267 Å². The maximum absolute atomic E-state index is 12.9. The molecule has 0 saturated carbocycles. The van der Waals surface area contributed by atoms with Gasteiger partial charge in [-0.05, 0) is 89.9 Å².